The average Bonchev–Trinajstić information content (AvgIpc) is 3.14. The van der Waals surface area contributed by atoms with E-state index in [1.807, 2.05) is 6.07 Å². The van der Waals surface area contributed by atoms with E-state index in [0.717, 1.165) is 4.90 Å². The third-order valence-corrected chi connectivity index (χ3v) is 7.66. The monoisotopic (exact) mass is 518 g/mol. The molecule has 3 aromatic rings. The fourth-order valence-corrected chi connectivity index (χ4v) is 5.50. The Morgan fingerprint density at radius 1 is 0.919 bits per heavy atom. The maximum Gasteiger partial charge on any atom is 0.322 e. The number of benzene rings is 3. The number of nitrogens with zero attached hydrogens (tertiary/aromatic N) is 2. The third kappa shape index (κ3) is 5.23. The summed E-state index contributed by atoms with van der Waals surface area (Å²) in [5, 5.41) is 9.88. The molecule has 3 aromatic carbocycles. The van der Waals surface area contributed by atoms with Gasteiger partial charge in [0.05, 0.1) is 22.6 Å². The highest BCUT2D eigenvalue weighted by atomic mass is 32.2. The molecule has 188 valence electrons. The van der Waals surface area contributed by atoms with Gasteiger partial charge in [-0.3, -0.25) is 19.3 Å². The van der Waals surface area contributed by atoms with Crippen molar-refractivity contribution in [3.05, 3.63) is 90.0 Å². The number of carbonyl (C=O) groups excluding carboxylic acids is 2. The van der Waals surface area contributed by atoms with Gasteiger partial charge in [0.15, 0.2) is 0 Å². The van der Waals surface area contributed by atoms with Crippen LogP contribution in [0.25, 0.3) is 0 Å². The zero-order chi connectivity index (χ0) is 26.6. The highest BCUT2D eigenvalue weighted by Gasteiger charge is 2.39. The molecule has 1 aliphatic heterocycles. The molecule has 1 N–H and O–H groups in total. The van der Waals surface area contributed by atoms with Gasteiger partial charge in [-0.1, -0.05) is 36.3 Å². The van der Waals surface area contributed by atoms with Crippen molar-refractivity contribution in [3.63, 3.8) is 0 Å². The van der Waals surface area contributed by atoms with E-state index in [9.17, 15) is 27.9 Å². The summed E-state index contributed by atoms with van der Waals surface area (Å²) in [7, 11) is -4.36. The van der Waals surface area contributed by atoms with Crippen molar-refractivity contribution in [3.8, 4) is 23.8 Å². The van der Waals surface area contributed by atoms with Crippen molar-refractivity contribution in [2.75, 3.05) is 13.1 Å². The van der Waals surface area contributed by atoms with Crippen LogP contribution >= 0.6 is 0 Å². The quantitative estimate of drug-likeness (QED) is 0.323. The molecule has 0 aromatic heterocycles. The van der Waals surface area contributed by atoms with Crippen LogP contribution in [-0.4, -0.2) is 59.6 Å². The molecule has 0 saturated carbocycles. The van der Waals surface area contributed by atoms with Crippen LogP contribution in [0.2, 0.25) is 0 Å². The molecular weight excluding hydrogens is 496 g/mol. The molecule has 0 saturated heterocycles. The number of terminal acetylenes is 1. The molecule has 1 atom stereocenters. The second-order valence-corrected chi connectivity index (χ2v) is 9.98. The van der Waals surface area contributed by atoms with Gasteiger partial charge in [-0.25, -0.2) is 8.42 Å². The largest absolute Gasteiger partial charge is 0.480 e. The van der Waals surface area contributed by atoms with Crippen molar-refractivity contribution in [1.82, 2.24) is 9.21 Å². The lowest BCUT2D eigenvalue weighted by atomic mass is 10.1. The molecule has 1 unspecified atom stereocenters. The van der Waals surface area contributed by atoms with Crippen molar-refractivity contribution in [2.24, 2.45) is 0 Å². The maximum absolute atomic E-state index is 13.4. The van der Waals surface area contributed by atoms with Gasteiger partial charge in [0, 0.05) is 6.54 Å². The van der Waals surface area contributed by atoms with Crippen molar-refractivity contribution in [1.29, 1.82) is 0 Å². The summed E-state index contributed by atoms with van der Waals surface area (Å²) in [5.41, 5.74) is 0.426. The van der Waals surface area contributed by atoms with Crippen LogP contribution in [0.4, 0.5) is 0 Å². The van der Waals surface area contributed by atoms with Gasteiger partial charge in [0.1, 0.15) is 17.5 Å². The molecule has 0 aliphatic carbocycles. The Balaban J connectivity index is 1.54. The molecule has 1 heterocycles. The molecule has 0 radical (unpaired) electrons. The first-order chi connectivity index (χ1) is 17.7. The normalized spacial score (nSPS) is 13.8. The van der Waals surface area contributed by atoms with E-state index in [0.29, 0.717) is 15.8 Å². The summed E-state index contributed by atoms with van der Waals surface area (Å²) < 4.78 is 33.2. The molecule has 1 aliphatic rings. The third-order valence-electron chi connectivity index (χ3n) is 5.79. The van der Waals surface area contributed by atoms with Gasteiger partial charge in [0.2, 0.25) is 10.0 Å². The van der Waals surface area contributed by atoms with E-state index in [4.69, 9.17) is 11.2 Å². The molecule has 37 heavy (non-hydrogen) atoms. The lowest BCUT2D eigenvalue weighted by Crippen LogP contribution is -2.47. The summed E-state index contributed by atoms with van der Waals surface area (Å²) in [6.45, 7) is -0.826. The van der Waals surface area contributed by atoms with Gasteiger partial charge in [0.25, 0.3) is 11.8 Å². The number of carbonyl (C=O) groups is 3. The van der Waals surface area contributed by atoms with Gasteiger partial charge < -0.3 is 9.84 Å². The number of imide groups is 1. The van der Waals surface area contributed by atoms with Crippen LogP contribution in [0.3, 0.4) is 0 Å². The van der Waals surface area contributed by atoms with Gasteiger partial charge in [-0.05, 0) is 55.0 Å². The molecule has 0 fully saturated rings. The van der Waals surface area contributed by atoms with Crippen LogP contribution < -0.4 is 4.74 Å². The summed E-state index contributed by atoms with van der Waals surface area (Å²) >= 11 is 0. The fourth-order valence-electron chi connectivity index (χ4n) is 3.98. The number of para-hydroxylation sites is 1. The van der Waals surface area contributed by atoms with Gasteiger partial charge in [-0.2, -0.15) is 4.31 Å². The number of carboxylic acids is 1. The SMILES string of the molecule is C#CCN(C(CCN1C(=O)c2ccccc2C1=O)C(=O)O)S(=O)(=O)c1ccc(Oc2ccccc2)cc1. The molecule has 9 nitrogen and oxygen atoms in total. The first kappa shape index (κ1) is 25.6. The molecule has 0 spiro atoms. The predicted molar refractivity (Wildman–Crippen MR) is 134 cm³/mol. The maximum atomic E-state index is 13.4. The molecule has 0 bridgehead atoms. The van der Waals surface area contributed by atoms with E-state index < -0.39 is 40.4 Å². The smallest absolute Gasteiger partial charge is 0.322 e. The minimum atomic E-state index is -4.36. The highest BCUT2D eigenvalue weighted by Crippen LogP contribution is 2.27. The molecule has 4 rings (SSSR count). The molecule has 10 heteroatoms. The Bertz CT molecular complexity index is 1440. The Morgan fingerprint density at radius 3 is 2.00 bits per heavy atom. The lowest BCUT2D eigenvalue weighted by Gasteiger charge is -2.27. The Hall–Kier alpha value is -4.46. The summed E-state index contributed by atoms with van der Waals surface area (Å²) in [5.74, 6) is 0.550. The zero-order valence-corrected chi connectivity index (χ0v) is 20.3. The van der Waals surface area contributed by atoms with E-state index in [1.165, 1.54) is 36.4 Å². The number of rotatable bonds is 10. The number of ether oxygens (including phenoxy) is 1. The Morgan fingerprint density at radius 2 is 1.46 bits per heavy atom. The van der Waals surface area contributed by atoms with E-state index >= 15 is 0 Å². The summed E-state index contributed by atoms with van der Waals surface area (Å²) in [4.78, 5) is 38.2. The van der Waals surface area contributed by atoms with E-state index in [2.05, 4.69) is 5.92 Å². The van der Waals surface area contributed by atoms with Crippen LogP contribution in [0, 0.1) is 12.3 Å². The Labute approximate surface area is 213 Å². The van der Waals surface area contributed by atoms with E-state index in [-0.39, 0.29) is 29.0 Å². The number of hydrogen-bond acceptors (Lipinski definition) is 6. The fraction of sp³-hybridized carbons (Fsp3) is 0.148. The number of aliphatic carboxylic acids is 1. The summed E-state index contributed by atoms with van der Waals surface area (Å²) in [6, 6.07) is 19.0. The number of sulfonamides is 1. The predicted octanol–water partition coefficient (Wildman–Crippen LogP) is 3.24. The van der Waals surface area contributed by atoms with Gasteiger partial charge >= 0.3 is 5.97 Å². The van der Waals surface area contributed by atoms with E-state index in [1.54, 1.807) is 36.4 Å². The van der Waals surface area contributed by atoms with Crippen molar-refractivity contribution < 1.29 is 32.6 Å². The standard InChI is InChI=1S/C27H22N2O7S/c1-2-17-29(37(34,35)21-14-12-20(13-15-21)36-19-8-4-3-5-9-19)24(27(32)33)16-18-28-25(30)22-10-6-7-11-23(22)26(28)31/h1,3-15,24H,16-18H2,(H,32,33). The number of amides is 2. The zero-order valence-electron chi connectivity index (χ0n) is 19.5. The van der Waals surface area contributed by atoms with Crippen molar-refractivity contribution in [2.45, 2.75) is 17.4 Å². The second-order valence-electron chi connectivity index (χ2n) is 8.09. The lowest BCUT2D eigenvalue weighted by molar-refractivity contribution is -0.141. The average molecular weight is 519 g/mol. The minimum absolute atomic E-state index is 0.185. The summed E-state index contributed by atoms with van der Waals surface area (Å²) in [6.07, 6.45) is 5.03. The second kappa shape index (κ2) is 10.7. The minimum Gasteiger partial charge on any atom is -0.480 e. The first-order valence-electron chi connectivity index (χ1n) is 11.2. The van der Waals surface area contributed by atoms with Crippen LogP contribution in [-0.2, 0) is 14.8 Å². The van der Waals surface area contributed by atoms with Crippen molar-refractivity contribution >= 4 is 27.8 Å². The van der Waals surface area contributed by atoms with Crippen LogP contribution in [0.1, 0.15) is 27.1 Å². The van der Waals surface area contributed by atoms with Crippen LogP contribution in [0.15, 0.2) is 83.8 Å². The number of fused-ring (bicyclic) bond motifs is 1. The number of hydrogen-bond donors (Lipinski definition) is 1. The van der Waals surface area contributed by atoms with Gasteiger partial charge in [-0.15, -0.1) is 6.42 Å². The highest BCUT2D eigenvalue weighted by molar-refractivity contribution is 7.89. The first-order valence-corrected chi connectivity index (χ1v) is 12.6. The Kier molecular flexibility index (Phi) is 7.38. The molecular formula is C27H22N2O7S. The topological polar surface area (TPSA) is 121 Å². The van der Waals surface area contributed by atoms with Crippen LogP contribution in [0.5, 0.6) is 11.5 Å². The molecule has 2 amide bonds. The number of carboxylic acid groups (broad SMARTS) is 1.